The van der Waals surface area contributed by atoms with Crippen LogP contribution in [0.3, 0.4) is 0 Å². The highest BCUT2D eigenvalue weighted by molar-refractivity contribution is 5.92. The van der Waals surface area contributed by atoms with Crippen LogP contribution in [0.4, 0.5) is 0 Å². The average molecular weight is 465 g/mol. The quantitative estimate of drug-likeness (QED) is 0.368. The lowest BCUT2D eigenvalue weighted by Crippen LogP contribution is -2.43. The molecule has 8 heteroatoms. The Kier molecular flexibility index (Phi) is 4.96. The van der Waals surface area contributed by atoms with Crippen molar-refractivity contribution in [3.8, 4) is 33.9 Å². The number of carbonyl (C=O) groups excluding carboxylic acids is 1. The standard InChI is InChI=1S/C27H24N6O2/c1-35-26(34)21-16-20(24-29-14-15-30-24)25-31-22(23(33(25)32-21)18-6-3-2-4-7-18)17-8-10-19(11-9-17)27(28)12-5-13-27/h2-4,6-11,14-16H,5,12-13,28H2,1H3,(H,29,30). The third-order valence-corrected chi connectivity index (χ3v) is 6.76. The molecule has 0 spiro atoms. The zero-order valence-corrected chi connectivity index (χ0v) is 19.2. The van der Waals surface area contributed by atoms with E-state index in [0.717, 1.165) is 47.3 Å². The molecular formula is C27H24N6O2. The van der Waals surface area contributed by atoms with Crippen LogP contribution >= 0.6 is 0 Å². The summed E-state index contributed by atoms with van der Waals surface area (Å²) in [5, 5.41) is 4.64. The fourth-order valence-electron chi connectivity index (χ4n) is 4.68. The molecule has 0 amide bonds. The molecule has 5 aromatic rings. The van der Waals surface area contributed by atoms with Crippen LogP contribution in [0.1, 0.15) is 35.3 Å². The van der Waals surface area contributed by atoms with Crippen LogP contribution in [0.5, 0.6) is 0 Å². The summed E-state index contributed by atoms with van der Waals surface area (Å²) in [6.45, 7) is 0. The monoisotopic (exact) mass is 464 g/mol. The number of nitrogens with one attached hydrogen (secondary N) is 1. The second-order valence-corrected chi connectivity index (χ2v) is 8.87. The van der Waals surface area contributed by atoms with E-state index in [-0.39, 0.29) is 11.2 Å². The number of H-pyrrole nitrogens is 1. The van der Waals surface area contributed by atoms with E-state index in [0.29, 0.717) is 17.0 Å². The second-order valence-electron chi connectivity index (χ2n) is 8.87. The molecule has 0 atom stereocenters. The van der Waals surface area contributed by atoms with Crippen molar-refractivity contribution < 1.29 is 9.53 Å². The van der Waals surface area contributed by atoms with Crippen LogP contribution in [-0.2, 0) is 10.3 Å². The van der Waals surface area contributed by atoms with Crippen molar-refractivity contribution >= 4 is 11.6 Å². The molecule has 0 aliphatic heterocycles. The largest absolute Gasteiger partial charge is 0.464 e. The van der Waals surface area contributed by atoms with E-state index in [1.54, 1.807) is 23.0 Å². The maximum Gasteiger partial charge on any atom is 0.358 e. The first-order valence-corrected chi connectivity index (χ1v) is 11.5. The summed E-state index contributed by atoms with van der Waals surface area (Å²) >= 11 is 0. The number of esters is 1. The molecule has 2 aromatic carbocycles. The molecule has 1 aliphatic rings. The molecule has 3 N–H and O–H groups in total. The number of carbonyl (C=O) groups is 1. The number of methoxy groups -OCH3 is 1. The number of benzene rings is 2. The van der Waals surface area contributed by atoms with Gasteiger partial charge >= 0.3 is 5.97 Å². The number of hydrogen-bond acceptors (Lipinski definition) is 6. The predicted octanol–water partition coefficient (Wildman–Crippen LogP) is 4.58. The third kappa shape index (κ3) is 3.50. The van der Waals surface area contributed by atoms with Gasteiger partial charge in [0.2, 0.25) is 0 Å². The van der Waals surface area contributed by atoms with Gasteiger partial charge in [-0.25, -0.2) is 19.3 Å². The Labute approximate surface area is 201 Å². The first-order valence-electron chi connectivity index (χ1n) is 11.5. The Hall–Kier alpha value is -4.30. The zero-order chi connectivity index (χ0) is 24.0. The summed E-state index contributed by atoms with van der Waals surface area (Å²) in [5.41, 5.74) is 12.2. The Bertz CT molecular complexity index is 1520. The number of imidazole rings is 2. The maximum atomic E-state index is 12.5. The SMILES string of the molecule is COC(=O)c1cc(-c2ncc[nH]2)c2nc(-c3ccc(C4(N)CCC4)cc3)c(-c3ccccc3)n2n1. The Morgan fingerprint density at radius 3 is 2.49 bits per heavy atom. The number of fused-ring (bicyclic) bond motifs is 1. The highest BCUT2D eigenvalue weighted by Crippen LogP contribution is 2.40. The van der Waals surface area contributed by atoms with Crippen LogP contribution in [0, 0.1) is 0 Å². The van der Waals surface area contributed by atoms with Crippen molar-refractivity contribution in [3.05, 3.63) is 84.3 Å². The summed E-state index contributed by atoms with van der Waals surface area (Å²) in [4.78, 5) is 25.0. The highest BCUT2D eigenvalue weighted by Gasteiger charge is 2.34. The predicted molar refractivity (Wildman–Crippen MR) is 132 cm³/mol. The molecule has 174 valence electrons. The van der Waals surface area contributed by atoms with Gasteiger partial charge in [-0.3, -0.25) is 0 Å². The molecule has 1 aliphatic carbocycles. The molecule has 1 saturated carbocycles. The van der Waals surface area contributed by atoms with Crippen molar-refractivity contribution in [2.24, 2.45) is 5.73 Å². The van der Waals surface area contributed by atoms with Crippen LogP contribution in [0.2, 0.25) is 0 Å². The van der Waals surface area contributed by atoms with E-state index in [2.05, 4.69) is 39.3 Å². The van der Waals surface area contributed by atoms with Gasteiger partial charge in [-0.05, 0) is 30.9 Å². The number of hydrogen-bond donors (Lipinski definition) is 2. The highest BCUT2D eigenvalue weighted by atomic mass is 16.5. The molecule has 8 nitrogen and oxygen atoms in total. The topological polar surface area (TPSA) is 111 Å². The first-order chi connectivity index (χ1) is 17.1. The lowest BCUT2D eigenvalue weighted by molar-refractivity contribution is 0.0592. The number of ether oxygens (including phenoxy) is 1. The van der Waals surface area contributed by atoms with Crippen LogP contribution in [0.25, 0.3) is 39.5 Å². The van der Waals surface area contributed by atoms with E-state index in [1.165, 1.54) is 7.11 Å². The molecule has 3 heterocycles. The number of aromatic amines is 1. The summed E-state index contributed by atoms with van der Waals surface area (Å²) in [6.07, 6.45) is 6.56. The third-order valence-electron chi connectivity index (χ3n) is 6.76. The minimum Gasteiger partial charge on any atom is -0.464 e. The van der Waals surface area contributed by atoms with Gasteiger partial charge in [0.05, 0.1) is 18.4 Å². The molecule has 0 radical (unpaired) electrons. The minimum absolute atomic E-state index is 0.165. The van der Waals surface area contributed by atoms with E-state index >= 15 is 0 Å². The van der Waals surface area contributed by atoms with E-state index in [4.69, 9.17) is 15.5 Å². The Morgan fingerprint density at radius 1 is 1.09 bits per heavy atom. The van der Waals surface area contributed by atoms with Crippen molar-refractivity contribution in [1.82, 2.24) is 24.6 Å². The van der Waals surface area contributed by atoms with Gasteiger partial charge in [-0.1, -0.05) is 54.6 Å². The molecule has 6 rings (SSSR count). The van der Waals surface area contributed by atoms with Gasteiger partial charge in [-0.15, -0.1) is 0 Å². The maximum absolute atomic E-state index is 12.5. The average Bonchev–Trinajstić information content (AvgIpc) is 3.55. The van der Waals surface area contributed by atoms with Crippen LogP contribution < -0.4 is 5.73 Å². The van der Waals surface area contributed by atoms with Crippen LogP contribution in [0.15, 0.2) is 73.1 Å². The van der Waals surface area contributed by atoms with Crippen molar-refractivity contribution in [2.45, 2.75) is 24.8 Å². The van der Waals surface area contributed by atoms with Gasteiger partial charge in [-0.2, -0.15) is 5.10 Å². The van der Waals surface area contributed by atoms with E-state index in [1.807, 2.05) is 30.3 Å². The number of nitrogens with zero attached hydrogens (tertiary/aromatic N) is 4. The molecule has 0 unspecified atom stereocenters. The summed E-state index contributed by atoms with van der Waals surface area (Å²) < 4.78 is 6.69. The number of rotatable bonds is 5. The number of nitrogens with two attached hydrogens (primary N) is 1. The fourth-order valence-corrected chi connectivity index (χ4v) is 4.68. The minimum atomic E-state index is -0.535. The molecule has 35 heavy (non-hydrogen) atoms. The summed E-state index contributed by atoms with van der Waals surface area (Å²) in [5.74, 6) is 0.0520. The number of aromatic nitrogens is 5. The van der Waals surface area contributed by atoms with Gasteiger partial charge < -0.3 is 15.5 Å². The van der Waals surface area contributed by atoms with Gasteiger partial charge in [0.15, 0.2) is 11.3 Å². The van der Waals surface area contributed by atoms with Gasteiger partial charge in [0.1, 0.15) is 11.5 Å². The Balaban J connectivity index is 1.62. The van der Waals surface area contributed by atoms with E-state index < -0.39 is 5.97 Å². The zero-order valence-electron chi connectivity index (χ0n) is 19.2. The van der Waals surface area contributed by atoms with Crippen molar-refractivity contribution in [3.63, 3.8) is 0 Å². The van der Waals surface area contributed by atoms with Crippen molar-refractivity contribution in [2.75, 3.05) is 7.11 Å². The lowest BCUT2D eigenvalue weighted by atomic mass is 9.72. The lowest BCUT2D eigenvalue weighted by Gasteiger charge is -2.38. The molecule has 0 saturated heterocycles. The molecule has 1 fully saturated rings. The summed E-state index contributed by atoms with van der Waals surface area (Å²) in [6, 6.07) is 19.9. The van der Waals surface area contributed by atoms with Crippen molar-refractivity contribution in [1.29, 1.82) is 0 Å². The molecule has 0 bridgehead atoms. The second kappa shape index (κ2) is 8.18. The van der Waals surface area contributed by atoms with Gasteiger partial charge in [0, 0.05) is 29.1 Å². The van der Waals surface area contributed by atoms with Gasteiger partial charge in [0.25, 0.3) is 0 Å². The summed E-state index contributed by atoms with van der Waals surface area (Å²) in [7, 11) is 1.34. The molecule has 3 aromatic heterocycles. The normalized spacial score (nSPS) is 14.6. The first kappa shape index (κ1) is 21.2. The molecular weight excluding hydrogens is 440 g/mol. The van der Waals surface area contributed by atoms with Crippen LogP contribution in [-0.4, -0.2) is 37.6 Å². The fraction of sp³-hybridized carbons (Fsp3) is 0.185. The Morgan fingerprint density at radius 2 is 1.86 bits per heavy atom. The van der Waals surface area contributed by atoms with E-state index in [9.17, 15) is 4.79 Å². The smallest absolute Gasteiger partial charge is 0.358 e.